The molecular weight excluding hydrogens is 1080 g/mol. The van der Waals surface area contributed by atoms with Crippen LogP contribution in [0.15, 0.2) is 140 Å². The van der Waals surface area contributed by atoms with Crippen LogP contribution < -0.4 is 10.6 Å². The largest absolute Gasteiger partial charge is 0.510 e. The molecule has 2 amide bonds. The van der Waals surface area contributed by atoms with Crippen LogP contribution in [0.3, 0.4) is 0 Å². The molecule has 0 aliphatic heterocycles. The third-order valence-corrected chi connectivity index (χ3v) is 15.9. The summed E-state index contributed by atoms with van der Waals surface area (Å²) in [6, 6.07) is 28.0. The standard InChI is InChI=1S/C72H104N6O8/c1-7-9-11-13-15-21-27-37-59(39-29-23-17-19-25-35-53-85-71(83)63-41-31-33-43-65(63)75-77-67(57(5)79)69(81)73-61-49-45-55(3)46-50-61)60(38-28-22-16-14-12-10-8-2)40-30-24-18-20-26-36-54-86-72(84)64-42-32-34-44-66(64)76-78-68(58(6)80)70(82)74-62-51-47-56(4)48-52-62/h31-34,41-52,59-60,79-80H,7-30,35-40,53-54H2,1-6H3,(H,73,81)(H,74,82). The highest BCUT2D eigenvalue weighted by molar-refractivity contribution is 6.04. The fraction of sp³-hybridized carbons (Fsp3) is 0.556. The molecule has 14 heteroatoms. The van der Waals surface area contributed by atoms with Gasteiger partial charge in [0.1, 0.15) is 22.9 Å². The average molecular weight is 1180 g/mol. The number of amides is 2. The van der Waals surface area contributed by atoms with E-state index in [0.29, 0.717) is 24.6 Å². The Bertz CT molecular complexity index is 2520. The monoisotopic (exact) mass is 1180 g/mol. The topological polar surface area (TPSA) is 201 Å². The molecule has 0 aliphatic rings. The molecule has 0 aromatic heterocycles. The number of rotatable bonds is 45. The van der Waals surface area contributed by atoms with Crippen LogP contribution in [0.1, 0.15) is 252 Å². The maximum Gasteiger partial charge on any atom is 0.340 e. The van der Waals surface area contributed by atoms with Gasteiger partial charge in [-0.25, -0.2) is 9.59 Å². The average Bonchev–Trinajstić information content (AvgIpc) is 3.71. The van der Waals surface area contributed by atoms with Crippen LogP contribution in [-0.4, -0.2) is 47.2 Å². The maximum atomic E-state index is 13.2. The van der Waals surface area contributed by atoms with Crippen molar-refractivity contribution in [3.63, 3.8) is 0 Å². The van der Waals surface area contributed by atoms with E-state index in [1.54, 1.807) is 72.8 Å². The fourth-order valence-corrected chi connectivity index (χ4v) is 10.8. The fourth-order valence-electron chi connectivity index (χ4n) is 10.8. The Morgan fingerprint density at radius 2 is 0.698 bits per heavy atom. The number of carbonyl (C=O) groups excluding carboxylic acids is 4. The lowest BCUT2D eigenvalue weighted by Gasteiger charge is -2.28. The molecule has 0 saturated carbocycles. The summed E-state index contributed by atoms with van der Waals surface area (Å²) in [5.41, 5.74) is 3.67. The lowest BCUT2D eigenvalue weighted by molar-refractivity contribution is -0.113. The molecule has 2 atom stereocenters. The van der Waals surface area contributed by atoms with Gasteiger partial charge < -0.3 is 30.3 Å². The minimum Gasteiger partial charge on any atom is -0.510 e. The number of allylic oxidation sites excluding steroid dienone is 2. The van der Waals surface area contributed by atoms with E-state index in [0.717, 1.165) is 61.5 Å². The first-order valence-corrected chi connectivity index (χ1v) is 32.7. The van der Waals surface area contributed by atoms with Gasteiger partial charge in [0.15, 0.2) is 11.4 Å². The van der Waals surface area contributed by atoms with Crippen molar-refractivity contribution in [2.75, 3.05) is 23.8 Å². The quantitative estimate of drug-likeness (QED) is 0.0110. The third kappa shape index (κ3) is 29.4. The normalized spacial score (nSPS) is 12.9. The van der Waals surface area contributed by atoms with Gasteiger partial charge in [-0.05, 0) is 101 Å². The van der Waals surface area contributed by atoms with E-state index in [9.17, 15) is 29.4 Å². The van der Waals surface area contributed by atoms with E-state index in [1.807, 2.05) is 38.1 Å². The Morgan fingerprint density at radius 1 is 0.407 bits per heavy atom. The maximum absolute atomic E-state index is 13.2. The molecule has 86 heavy (non-hydrogen) atoms. The Morgan fingerprint density at radius 3 is 1.01 bits per heavy atom. The lowest BCUT2D eigenvalue weighted by Crippen LogP contribution is -2.16. The summed E-state index contributed by atoms with van der Waals surface area (Å²) < 4.78 is 11.4. The Balaban J connectivity index is 1.22. The number of hydrogen-bond donors (Lipinski definition) is 4. The number of benzene rings is 4. The molecule has 2 unspecified atom stereocenters. The molecule has 0 spiro atoms. The van der Waals surface area contributed by atoms with Crippen molar-refractivity contribution >= 4 is 46.5 Å². The van der Waals surface area contributed by atoms with Gasteiger partial charge in [-0.2, -0.15) is 0 Å². The molecule has 0 aliphatic carbocycles. The minimum absolute atomic E-state index is 0.240. The molecule has 470 valence electrons. The number of unbranched alkanes of at least 4 members (excludes halogenated alkanes) is 22. The zero-order chi connectivity index (χ0) is 62.0. The Kier molecular flexibility index (Phi) is 36.3. The van der Waals surface area contributed by atoms with Gasteiger partial charge in [-0.1, -0.05) is 253 Å². The number of nitrogens with zero attached hydrogens (tertiary/aromatic N) is 4. The van der Waals surface area contributed by atoms with E-state index < -0.39 is 23.8 Å². The summed E-state index contributed by atoms with van der Waals surface area (Å²) >= 11 is 0. The minimum atomic E-state index is -0.617. The van der Waals surface area contributed by atoms with Crippen LogP contribution in [0.2, 0.25) is 0 Å². The highest BCUT2D eigenvalue weighted by Gasteiger charge is 2.22. The smallest absolute Gasteiger partial charge is 0.340 e. The van der Waals surface area contributed by atoms with Gasteiger partial charge in [0.25, 0.3) is 11.8 Å². The molecule has 0 radical (unpaired) electrons. The molecule has 4 N–H and O–H groups in total. The van der Waals surface area contributed by atoms with Crippen LogP contribution in [0.5, 0.6) is 0 Å². The molecule has 0 fully saturated rings. The van der Waals surface area contributed by atoms with Gasteiger partial charge in [0, 0.05) is 11.4 Å². The second-order valence-electron chi connectivity index (χ2n) is 23.4. The van der Waals surface area contributed by atoms with E-state index in [-0.39, 0.29) is 45.4 Å². The second-order valence-corrected chi connectivity index (χ2v) is 23.4. The molecule has 0 bridgehead atoms. The molecular formula is C72H104N6O8. The number of aliphatic hydroxyl groups is 2. The first-order valence-electron chi connectivity index (χ1n) is 32.7. The first-order chi connectivity index (χ1) is 41.8. The van der Waals surface area contributed by atoms with Crippen molar-refractivity contribution < 1.29 is 38.9 Å². The van der Waals surface area contributed by atoms with Gasteiger partial charge in [0.2, 0.25) is 0 Å². The van der Waals surface area contributed by atoms with Crippen LogP contribution in [0.4, 0.5) is 22.7 Å². The van der Waals surface area contributed by atoms with Crippen LogP contribution >= 0.6 is 0 Å². The molecule has 0 saturated heterocycles. The summed E-state index contributed by atoms with van der Waals surface area (Å²) in [7, 11) is 0. The molecule has 14 nitrogen and oxygen atoms in total. The van der Waals surface area contributed by atoms with Crippen molar-refractivity contribution in [2.24, 2.45) is 32.3 Å². The SMILES string of the molecule is CCCCCCCCCC(CCCCCCCCOC(=O)c1ccccc1N=NC(C(=O)Nc1ccc(C)cc1)=C(C)O)C(CCCCCCCCC)CCCCCCCCOC(=O)c1ccccc1N=NC(C(=O)Nc1ccc(C)cc1)=C(C)O. The summed E-state index contributed by atoms with van der Waals surface area (Å²) in [5.74, 6) is -1.30. The number of aryl methyl sites for hydroxylation is 2. The summed E-state index contributed by atoms with van der Waals surface area (Å²) in [6.45, 7) is 11.8. The number of nitrogens with one attached hydrogen (secondary N) is 2. The zero-order valence-corrected chi connectivity index (χ0v) is 53.2. The second kappa shape index (κ2) is 43.6. The van der Waals surface area contributed by atoms with Gasteiger partial charge in [-0.15, -0.1) is 20.5 Å². The summed E-state index contributed by atoms with van der Waals surface area (Å²) in [6.07, 6.45) is 36.9. The Labute approximate surface area is 515 Å². The zero-order valence-electron chi connectivity index (χ0n) is 53.2. The number of azo groups is 2. The van der Waals surface area contributed by atoms with Crippen LogP contribution in [-0.2, 0) is 19.1 Å². The lowest BCUT2D eigenvalue weighted by atomic mass is 9.78. The molecule has 4 aromatic rings. The summed E-state index contributed by atoms with van der Waals surface area (Å²) in [4.78, 5) is 52.4. The van der Waals surface area contributed by atoms with Crippen molar-refractivity contribution in [3.8, 4) is 0 Å². The number of hydrogen-bond acceptors (Lipinski definition) is 12. The molecule has 4 aromatic carbocycles. The van der Waals surface area contributed by atoms with E-state index >= 15 is 0 Å². The van der Waals surface area contributed by atoms with E-state index in [4.69, 9.17) is 9.47 Å². The van der Waals surface area contributed by atoms with Gasteiger partial charge in [-0.3, -0.25) is 9.59 Å². The van der Waals surface area contributed by atoms with Crippen molar-refractivity contribution in [3.05, 3.63) is 142 Å². The number of anilines is 2. The van der Waals surface area contributed by atoms with Crippen molar-refractivity contribution in [1.29, 1.82) is 0 Å². The molecule has 0 heterocycles. The number of ether oxygens (including phenoxy) is 2. The highest BCUT2D eigenvalue weighted by atomic mass is 16.5. The van der Waals surface area contributed by atoms with Crippen molar-refractivity contribution in [1.82, 2.24) is 0 Å². The van der Waals surface area contributed by atoms with Gasteiger partial charge in [0.05, 0.1) is 24.3 Å². The van der Waals surface area contributed by atoms with E-state index in [2.05, 4.69) is 44.9 Å². The molecule has 4 rings (SSSR count). The van der Waals surface area contributed by atoms with Crippen LogP contribution in [0, 0.1) is 25.7 Å². The predicted molar refractivity (Wildman–Crippen MR) is 350 cm³/mol. The van der Waals surface area contributed by atoms with Gasteiger partial charge >= 0.3 is 11.9 Å². The first kappa shape index (κ1) is 71.5. The van der Waals surface area contributed by atoms with Crippen LogP contribution in [0.25, 0.3) is 0 Å². The van der Waals surface area contributed by atoms with E-state index in [1.165, 1.54) is 168 Å². The number of aliphatic hydroxyl groups excluding tert-OH is 2. The number of esters is 2. The Hall–Kier alpha value is -6.96. The third-order valence-electron chi connectivity index (χ3n) is 15.9. The predicted octanol–water partition coefficient (Wildman–Crippen LogP) is 21.3. The summed E-state index contributed by atoms with van der Waals surface area (Å²) in [5, 5.41) is 42.5. The number of carbonyl (C=O) groups is 4. The van der Waals surface area contributed by atoms with Crippen molar-refractivity contribution in [2.45, 2.75) is 234 Å². The highest BCUT2D eigenvalue weighted by Crippen LogP contribution is 2.34.